The summed E-state index contributed by atoms with van der Waals surface area (Å²) < 4.78 is 32.0. The van der Waals surface area contributed by atoms with E-state index in [2.05, 4.69) is 0 Å². The molecule has 2 atom stereocenters. The number of aliphatic hydroxyl groups excluding tert-OH is 1. The van der Waals surface area contributed by atoms with Gasteiger partial charge in [-0.1, -0.05) is 25.0 Å². The zero-order valence-corrected chi connectivity index (χ0v) is 19.0. The lowest BCUT2D eigenvalue weighted by molar-refractivity contribution is 0.0268. The maximum atomic E-state index is 12.8. The fourth-order valence-electron chi connectivity index (χ4n) is 3.92. The smallest absolute Gasteiger partial charge is 0.253 e. The van der Waals surface area contributed by atoms with E-state index in [1.54, 1.807) is 48.3 Å². The fourth-order valence-corrected chi connectivity index (χ4v) is 5.08. The van der Waals surface area contributed by atoms with Gasteiger partial charge in [-0.3, -0.25) is 4.79 Å². The molecule has 7 nitrogen and oxygen atoms in total. The van der Waals surface area contributed by atoms with Gasteiger partial charge in [0.15, 0.2) is 0 Å². The van der Waals surface area contributed by atoms with Gasteiger partial charge in [-0.05, 0) is 54.8 Å². The summed E-state index contributed by atoms with van der Waals surface area (Å²) in [7, 11) is 1.13. The number of hydrogen-bond acceptors (Lipinski definition) is 5. The molecule has 1 saturated carbocycles. The third-order valence-corrected chi connectivity index (χ3v) is 7.70. The molecule has 1 N–H and O–H groups in total. The SMILES string of the molecule is COc1ccc(S(=O)(=O)N(C)Cc2ccc(C(=O)N(C)[C@@H]3CCCC[C@H]3O)cc2)cc1. The van der Waals surface area contributed by atoms with E-state index < -0.39 is 16.1 Å². The predicted octanol–water partition coefficient (Wildman–Crippen LogP) is 2.89. The van der Waals surface area contributed by atoms with Crippen molar-refractivity contribution in [2.24, 2.45) is 0 Å². The van der Waals surface area contributed by atoms with E-state index in [-0.39, 0.29) is 23.4 Å². The number of amides is 1. The first-order valence-corrected chi connectivity index (χ1v) is 11.8. The van der Waals surface area contributed by atoms with Gasteiger partial charge in [0, 0.05) is 26.2 Å². The third-order valence-electron chi connectivity index (χ3n) is 5.89. The van der Waals surface area contributed by atoms with Gasteiger partial charge in [0.05, 0.1) is 24.2 Å². The molecule has 2 aromatic carbocycles. The average molecular weight is 447 g/mol. The molecule has 1 aliphatic carbocycles. The highest BCUT2D eigenvalue weighted by Gasteiger charge is 2.30. The maximum absolute atomic E-state index is 12.8. The molecule has 0 aromatic heterocycles. The van der Waals surface area contributed by atoms with Gasteiger partial charge in [-0.25, -0.2) is 8.42 Å². The van der Waals surface area contributed by atoms with Crippen molar-refractivity contribution in [2.45, 2.75) is 49.3 Å². The van der Waals surface area contributed by atoms with Crippen molar-refractivity contribution in [3.8, 4) is 5.75 Å². The summed E-state index contributed by atoms with van der Waals surface area (Å²) in [5.74, 6) is 0.448. The second kappa shape index (κ2) is 9.80. The Labute approximate surface area is 184 Å². The zero-order valence-electron chi connectivity index (χ0n) is 18.2. The van der Waals surface area contributed by atoms with Gasteiger partial charge in [-0.15, -0.1) is 0 Å². The number of rotatable bonds is 7. The lowest BCUT2D eigenvalue weighted by atomic mass is 9.91. The highest BCUT2D eigenvalue weighted by atomic mass is 32.2. The van der Waals surface area contributed by atoms with E-state index in [1.165, 1.54) is 30.6 Å². The highest BCUT2D eigenvalue weighted by molar-refractivity contribution is 7.89. The van der Waals surface area contributed by atoms with E-state index in [4.69, 9.17) is 4.74 Å². The Balaban J connectivity index is 1.67. The van der Waals surface area contributed by atoms with E-state index in [0.717, 1.165) is 31.2 Å². The first kappa shape index (κ1) is 23.2. The molecule has 0 heterocycles. The summed E-state index contributed by atoms with van der Waals surface area (Å²) in [6.45, 7) is 0.181. The lowest BCUT2D eigenvalue weighted by Crippen LogP contribution is -2.46. The van der Waals surface area contributed by atoms with Crippen LogP contribution in [0.25, 0.3) is 0 Å². The van der Waals surface area contributed by atoms with E-state index in [1.807, 2.05) is 0 Å². The fraction of sp³-hybridized carbons (Fsp3) is 0.435. The molecule has 168 valence electrons. The maximum Gasteiger partial charge on any atom is 0.253 e. The molecule has 0 radical (unpaired) electrons. The summed E-state index contributed by atoms with van der Waals surface area (Å²) in [6, 6.07) is 13.0. The number of benzene rings is 2. The minimum atomic E-state index is -3.65. The van der Waals surface area contributed by atoms with Gasteiger partial charge in [0.25, 0.3) is 5.91 Å². The Bertz CT molecular complexity index is 990. The number of aliphatic hydroxyl groups is 1. The summed E-state index contributed by atoms with van der Waals surface area (Å²) in [5, 5.41) is 10.2. The molecule has 2 aromatic rings. The Morgan fingerprint density at radius 3 is 2.23 bits per heavy atom. The van der Waals surface area contributed by atoms with Gasteiger partial charge in [0.2, 0.25) is 10.0 Å². The summed E-state index contributed by atoms with van der Waals surface area (Å²) in [5.41, 5.74) is 1.29. The minimum Gasteiger partial charge on any atom is -0.497 e. The number of ether oxygens (including phenoxy) is 1. The molecule has 0 saturated heterocycles. The summed E-state index contributed by atoms with van der Waals surface area (Å²) in [6.07, 6.45) is 3.03. The van der Waals surface area contributed by atoms with Crippen molar-refractivity contribution in [3.63, 3.8) is 0 Å². The molecular formula is C23H30N2O5S. The van der Waals surface area contributed by atoms with Gasteiger partial charge < -0.3 is 14.7 Å². The number of sulfonamides is 1. The van der Waals surface area contributed by atoms with Crippen LogP contribution in [-0.2, 0) is 16.6 Å². The minimum absolute atomic E-state index is 0.142. The summed E-state index contributed by atoms with van der Waals surface area (Å²) >= 11 is 0. The molecule has 8 heteroatoms. The van der Waals surface area contributed by atoms with Crippen molar-refractivity contribution in [2.75, 3.05) is 21.2 Å². The lowest BCUT2D eigenvalue weighted by Gasteiger charge is -2.35. The van der Waals surface area contributed by atoms with Crippen molar-refractivity contribution in [1.82, 2.24) is 9.21 Å². The van der Waals surface area contributed by atoms with Crippen LogP contribution in [0.4, 0.5) is 0 Å². The monoisotopic (exact) mass is 446 g/mol. The van der Waals surface area contributed by atoms with Crippen molar-refractivity contribution < 1.29 is 23.1 Å². The first-order chi connectivity index (χ1) is 14.7. The van der Waals surface area contributed by atoms with Gasteiger partial charge >= 0.3 is 0 Å². The Morgan fingerprint density at radius 1 is 1.03 bits per heavy atom. The molecule has 0 aliphatic heterocycles. The average Bonchev–Trinajstić information content (AvgIpc) is 2.79. The predicted molar refractivity (Wildman–Crippen MR) is 118 cm³/mol. The van der Waals surface area contributed by atoms with E-state index in [9.17, 15) is 18.3 Å². The van der Waals surface area contributed by atoms with Crippen molar-refractivity contribution >= 4 is 15.9 Å². The molecule has 3 rings (SSSR count). The highest BCUT2D eigenvalue weighted by Crippen LogP contribution is 2.24. The van der Waals surface area contributed by atoms with Crippen molar-refractivity contribution in [1.29, 1.82) is 0 Å². The van der Waals surface area contributed by atoms with Crippen LogP contribution in [0.3, 0.4) is 0 Å². The second-order valence-electron chi connectivity index (χ2n) is 7.97. The molecule has 1 amide bonds. The largest absolute Gasteiger partial charge is 0.497 e. The first-order valence-electron chi connectivity index (χ1n) is 10.4. The topological polar surface area (TPSA) is 87.2 Å². The number of nitrogens with zero attached hydrogens (tertiary/aromatic N) is 2. The van der Waals surface area contributed by atoms with Crippen LogP contribution in [0.5, 0.6) is 5.75 Å². The number of methoxy groups -OCH3 is 1. The molecular weight excluding hydrogens is 416 g/mol. The Hall–Kier alpha value is -2.42. The molecule has 0 unspecified atom stereocenters. The molecule has 0 spiro atoms. The second-order valence-corrected chi connectivity index (χ2v) is 10.0. The van der Waals surface area contributed by atoms with Gasteiger partial charge in [0.1, 0.15) is 5.75 Å². The van der Waals surface area contributed by atoms with Crippen LogP contribution >= 0.6 is 0 Å². The normalized spacial score (nSPS) is 19.3. The zero-order chi connectivity index (χ0) is 22.6. The van der Waals surface area contributed by atoms with Crippen LogP contribution in [0, 0.1) is 0 Å². The van der Waals surface area contributed by atoms with E-state index in [0.29, 0.717) is 11.3 Å². The molecule has 31 heavy (non-hydrogen) atoms. The van der Waals surface area contributed by atoms with Crippen LogP contribution < -0.4 is 4.74 Å². The third kappa shape index (κ3) is 5.26. The molecule has 1 aliphatic rings. The molecule has 1 fully saturated rings. The van der Waals surface area contributed by atoms with Crippen LogP contribution in [0.1, 0.15) is 41.6 Å². The Kier molecular flexibility index (Phi) is 7.35. The Morgan fingerprint density at radius 2 is 1.65 bits per heavy atom. The van der Waals surface area contributed by atoms with Crippen LogP contribution in [0.15, 0.2) is 53.4 Å². The van der Waals surface area contributed by atoms with Crippen LogP contribution in [-0.4, -0.2) is 62.0 Å². The standard InChI is InChI=1S/C23H30N2O5S/c1-24(31(28,29)20-14-12-19(30-3)13-15-20)16-17-8-10-18(11-9-17)23(27)25(2)21-6-4-5-7-22(21)26/h8-15,21-22,26H,4-7,16H2,1-3H3/t21-,22-/m1/s1. The number of carbonyl (C=O) groups excluding carboxylic acids is 1. The van der Waals surface area contributed by atoms with E-state index >= 15 is 0 Å². The quantitative estimate of drug-likeness (QED) is 0.707. The molecule has 0 bridgehead atoms. The number of carbonyl (C=O) groups is 1. The number of hydrogen-bond donors (Lipinski definition) is 1. The van der Waals surface area contributed by atoms with Crippen LogP contribution in [0.2, 0.25) is 0 Å². The number of likely N-dealkylation sites (N-methyl/N-ethyl adjacent to an activating group) is 1. The van der Waals surface area contributed by atoms with Crippen molar-refractivity contribution in [3.05, 3.63) is 59.7 Å². The van der Waals surface area contributed by atoms with Gasteiger partial charge in [-0.2, -0.15) is 4.31 Å². The summed E-state index contributed by atoms with van der Waals surface area (Å²) in [4.78, 5) is 14.6.